The summed E-state index contributed by atoms with van der Waals surface area (Å²) < 4.78 is 11.0. The van der Waals surface area contributed by atoms with Crippen molar-refractivity contribution >= 4 is 23.2 Å². The van der Waals surface area contributed by atoms with Crippen molar-refractivity contribution in [1.29, 1.82) is 0 Å². The van der Waals surface area contributed by atoms with E-state index in [0.29, 0.717) is 25.2 Å². The molecule has 1 aliphatic rings. The standard InChI is InChI=1S/C24H24N2O5S/c1-2-30-23(28)24(13-20(24)21(27)26-29)12-16-8-10-19(11-9-16)31-14-18-15-32-22(25-18)17-6-4-3-5-7-17/h3-11,15,20,29H,2,12-14H2,1H3,(H,26,27). The molecule has 1 amide bonds. The van der Waals surface area contributed by atoms with Gasteiger partial charge in [0.05, 0.1) is 23.6 Å². The van der Waals surface area contributed by atoms with Crippen molar-refractivity contribution < 1.29 is 24.3 Å². The second-order valence-electron chi connectivity index (χ2n) is 7.73. The van der Waals surface area contributed by atoms with E-state index in [4.69, 9.17) is 14.7 Å². The van der Waals surface area contributed by atoms with Crippen LogP contribution in [0.25, 0.3) is 10.6 Å². The van der Waals surface area contributed by atoms with Crippen LogP contribution in [0.2, 0.25) is 0 Å². The number of thiazole rings is 1. The molecule has 2 unspecified atom stereocenters. The number of nitrogens with zero attached hydrogens (tertiary/aromatic N) is 1. The van der Waals surface area contributed by atoms with Crippen LogP contribution in [0.4, 0.5) is 0 Å². The normalized spacial score (nSPS) is 19.2. The Kier molecular flexibility index (Phi) is 6.53. The third kappa shape index (κ3) is 4.66. The first-order valence-corrected chi connectivity index (χ1v) is 11.3. The van der Waals surface area contributed by atoms with Crippen molar-refractivity contribution in [1.82, 2.24) is 10.5 Å². The number of carbonyl (C=O) groups excluding carboxylic acids is 2. The molecule has 166 valence electrons. The fourth-order valence-corrected chi connectivity index (χ4v) is 4.62. The van der Waals surface area contributed by atoms with Gasteiger partial charge in [0.25, 0.3) is 0 Å². The third-order valence-corrected chi connectivity index (χ3v) is 6.53. The fraction of sp³-hybridized carbons (Fsp3) is 0.292. The number of amides is 1. The molecular weight excluding hydrogens is 428 g/mol. The van der Waals surface area contributed by atoms with Crippen LogP contribution in [-0.2, 0) is 27.4 Å². The second kappa shape index (κ2) is 9.50. The van der Waals surface area contributed by atoms with E-state index in [1.165, 1.54) is 0 Å². The topological polar surface area (TPSA) is 97.8 Å². The largest absolute Gasteiger partial charge is 0.487 e. The average Bonchev–Trinajstić information content (AvgIpc) is 3.36. The number of hydrogen-bond donors (Lipinski definition) is 2. The molecule has 2 atom stereocenters. The lowest BCUT2D eigenvalue weighted by molar-refractivity contribution is -0.152. The van der Waals surface area contributed by atoms with Crippen LogP contribution >= 0.6 is 11.3 Å². The zero-order valence-corrected chi connectivity index (χ0v) is 18.4. The Labute approximate surface area is 190 Å². The highest BCUT2D eigenvalue weighted by Gasteiger charge is 2.64. The molecule has 1 aliphatic carbocycles. The van der Waals surface area contributed by atoms with E-state index < -0.39 is 23.2 Å². The number of nitrogens with one attached hydrogen (secondary N) is 1. The molecule has 4 rings (SSSR count). The van der Waals surface area contributed by atoms with Crippen LogP contribution in [0.5, 0.6) is 5.75 Å². The first kappa shape index (κ1) is 22.0. The van der Waals surface area contributed by atoms with Gasteiger partial charge in [-0.1, -0.05) is 42.5 Å². The minimum atomic E-state index is -0.931. The molecule has 8 heteroatoms. The Morgan fingerprint density at radius 1 is 1.19 bits per heavy atom. The summed E-state index contributed by atoms with van der Waals surface area (Å²) >= 11 is 1.58. The number of esters is 1. The molecule has 3 aromatic rings. The Morgan fingerprint density at radius 3 is 2.62 bits per heavy atom. The molecule has 1 saturated carbocycles. The Bertz CT molecular complexity index is 1080. The highest BCUT2D eigenvalue weighted by atomic mass is 32.1. The number of hydrogen-bond acceptors (Lipinski definition) is 7. The Hall–Kier alpha value is -3.23. The van der Waals surface area contributed by atoms with E-state index in [0.717, 1.165) is 21.8 Å². The monoisotopic (exact) mass is 452 g/mol. The average molecular weight is 453 g/mol. The number of ether oxygens (including phenoxy) is 2. The lowest BCUT2D eigenvalue weighted by Gasteiger charge is -2.16. The maximum absolute atomic E-state index is 12.5. The highest BCUT2D eigenvalue weighted by Crippen LogP contribution is 2.56. The number of rotatable bonds is 9. The molecule has 32 heavy (non-hydrogen) atoms. The Balaban J connectivity index is 1.37. The van der Waals surface area contributed by atoms with Crippen molar-refractivity contribution in [3.05, 3.63) is 71.2 Å². The maximum Gasteiger partial charge on any atom is 0.313 e. The first-order valence-electron chi connectivity index (χ1n) is 10.4. The molecule has 0 radical (unpaired) electrons. The summed E-state index contributed by atoms with van der Waals surface area (Å²) in [6, 6.07) is 17.4. The molecular formula is C24H24N2O5S. The molecule has 2 N–H and O–H groups in total. The molecule has 0 saturated heterocycles. The predicted octanol–water partition coefficient (Wildman–Crippen LogP) is 4.01. The molecule has 1 heterocycles. The van der Waals surface area contributed by atoms with Crippen LogP contribution in [-0.4, -0.2) is 28.7 Å². The van der Waals surface area contributed by atoms with Gasteiger partial charge < -0.3 is 9.47 Å². The minimum absolute atomic E-state index is 0.240. The number of aromatic nitrogens is 1. The van der Waals surface area contributed by atoms with E-state index in [9.17, 15) is 9.59 Å². The smallest absolute Gasteiger partial charge is 0.313 e. The van der Waals surface area contributed by atoms with Gasteiger partial charge in [-0.3, -0.25) is 14.8 Å². The summed E-state index contributed by atoms with van der Waals surface area (Å²) in [7, 11) is 0. The van der Waals surface area contributed by atoms with Gasteiger partial charge in [0.15, 0.2) is 0 Å². The van der Waals surface area contributed by atoms with Crippen molar-refractivity contribution in [2.24, 2.45) is 11.3 Å². The molecule has 0 aliphatic heterocycles. The molecule has 7 nitrogen and oxygen atoms in total. The van der Waals surface area contributed by atoms with E-state index in [-0.39, 0.29) is 6.61 Å². The van der Waals surface area contributed by atoms with Gasteiger partial charge in [0, 0.05) is 10.9 Å². The van der Waals surface area contributed by atoms with Crippen molar-refractivity contribution in [3.63, 3.8) is 0 Å². The molecule has 0 spiro atoms. The quantitative estimate of drug-likeness (QED) is 0.289. The summed E-state index contributed by atoms with van der Waals surface area (Å²) in [6.07, 6.45) is 0.709. The SMILES string of the molecule is CCOC(=O)C1(Cc2ccc(OCc3csc(-c4ccccc4)n3)cc2)CC1C(=O)NO. The van der Waals surface area contributed by atoms with E-state index in [1.54, 1.807) is 23.7 Å². The fourth-order valence-electron chi connectivity index (χ4n) is 3.81. The molecule has 2 aromatic carbocycles. The Morgan fingerprint density at radius 2 is 1.94 bits per heavy atom. The van der Waals surface area contributed by atoms with Gasteiger partial charge >= 0.3 is 5.97 Å². The van der Waals surface area contributed by atoms with E-state index in [1.807, 2.05) is 60.0 Å². The molecule has 1 aromatic heterocycles. The minimum Gasteiger partial charge on any atom is -0.487 e. The summed E-state index contributed by atoms with van der Waals surface area (Å²) in [6.45, 7) is 2.32. The van der Waals surface area contributed by atoms with Crippen LogP contribution in [0.1, 0.15) is 24.6 Å². The highest BCUT2D eigenvalue weighted by molar-refractivity contribution is 7.13. The van der Waals surface area contributed by atoms with E-state index in [2.05, 4.69) is 4.98 Å². The second-order valence-corrected chi connectivity index (χ2v) is 8.59. The van der Waals surface area contributed by atoms with Crippen LogP contribution in [0, 0.1) is 11.3 Å². The molecule has 0 bridgehead atoms. The van der Waals surface area contributed by atoms with E-state index >= 15 is 0 Å². The molecule has 1 fully saturated rings. The van der Waals surface area contributed by atoms with Gasteiger partial charge in [0.2, 0.25) is 5.91 Å². The zero-order valence-electron chi connectivity index (χ0n) is 17.6. The van der Waals surface area contributed by atoms with Crippen LogP contribution in [0.3, 0.4) is 0 Å². The van der Waals surface area contributed by atoms with Gasteiger partial charge in [-0.15, -0.1) is 11.3 Å². The van der Waals surface area contributed by atoms with Gasteiger partial charge in [-0.25, -0.2) is 10.5 Å². The summed E-state index contributed by atoms with van der Waals surface area (Å²) in [5.41, 5.74) is 3.54. The van der Waals surface area contributed by atoms with Crippen molar-refractivity contribution in [2.45, 2.75) is 26.4 Å². The van der Waals surface area contributed by atoms with Crippen molar-refractivity contribution in [3.8, 4) is 16.3 Å². The van der Waals surface area contributed by atoms with Gasteiger partial charge in [-0.2, -0.15) is 0 Å². The number of carbonyl (C=O) groups is 2. The van der Waals surface area contributed by atoms with Gasteiger partial charge in [-0.05, 0) is 37.5 Å². The van der Waals surface area contributed by atoms with Crippen LogP contribution < -0.4 is 10.2 Å². The number of hydroxylamine groups is 1. The van der Waals surface area contributed by atoms with Crippen LogP contribution in [0.15, 0.2) is 60.0 Å². The summed E-state index contributed by atoms with van der Waals surface area (Å²) in [5, 5.41) is 11.9. The summed E-state index contributed by atoms with van der Waals surface area (Å²) in [5.74, 6) is -0.873. The van der Waals surface area contributed by atoms with Gasteiger partial charge in [0.1, 0.15) is 17.4 Å². The van der Waals surface area contributed by atoms with Crippen molar-refractivity contribution in [2.75, 3.05) is 6.61 Å². The predicted molar refractivity (Wildman–Crippen MR) is 119 cm³/mol. The first-order chi connectivity index (χ1) is 15.6. The lowest BCUT2D eigenvalue weighted by atomic mass is 9.93. The third-order valence-electron chi connectivity index (χ3n) is 5.59. The lowest BCUT2D eigenvalue weighted by Crippen LogP contribution is -2.30. The summed E-state index contributed by atoms with van der Waals surface area (Å²) in [4.78, 5) is 29.0. The maximum atomic E-state index is 12.5. The number of benzene rings is 2. The zero-order chi connectivity index (χ0) is 22.6.